The first-order valence-electron chi connectivity index (χ1n) is 15.2. The minimum absolute atomic E-state index is 0.0199. The fraction of sp³-hybridized carbons (Fsp3) is 0.562. The Bertz CT molecular complexity index is 1390. The molecule has 1 aliphatic heterocycles. The van der Waals surface area contributed by atoms with Crippen LogP contribution in [0.3, 0.4) is 0 Å². The van der Waals surface area contributed by atoms with Crippen LogP contribution in [-0.2, 0) is 32.8 Å². The van der Waals surface area contributed by atoms with E-state index in [4.69, 9.17) is 9.47 Å². The number of carbonyl (C=O) groups is 2. The van der Waals surface area contributed by atoms with E-state index in [0.29, 0.717) is 23.9 Å². The minimum Gasteiger partial charge on any atom is -0.487 e. The molecule has 236 valence electrons. The molecule has 1 saturated carbocycles. The van der Waals surface area contributed by atoms with E-state index in [1.165, 1.54) is 4.31 Å². The SMILES string of the molecule is CC(C)(C)OC(=O)N[C@@H]1CCCC[C@H]1Cc1ccc(N2CC(=O)N(CC[Si](C)(C)C)S2(=O)=O)c(OCc2ccccc2)c1. The Morgan fingerprint density at radius 1 is 1.02 bits per heavy atom. The van der Waals surface area contributed by atoms with Crippen LogP contribution in [0.5, 0.6) is 5.75 Å². The quantitative estimate of drug-likeness (QED) is 0.318. The first-order chi connectivity index (χ1) is 20.1. The summed E-state index contributed by atoms with van der Waals surface area (Å²) in [4.78, 5) is 25.5. The normalized spacial score (nSPS) is 20.7. The molecule has 2 amide bonds. The van der Waals surface area contributed by atoms with Gasteiger partial charge in [-0.1, -0.05) is 68.9 Å². The van der Waals surface area contributed by atoms with E-state index >= 15 is 0 Å². The molecule has 0 bridgehead atoms. The highest BCUT2D eigenvalue weighted by Crippen LogP contribution is 2.37. The van der Waals surface area contributed by atoms with Gasteiger partial charge in [0.1, 0.15) is 24.5 Å². The van der Waals surface area contributed by atoms with E-state index in [9.17, 15) is 18.0 Å². The average Bonchev–Trinajstić information content (AvgIpc) is 3.13. The Kier molecular flexibility index (Phi) is 10.2. The van der Waals surface area contributed by atoms with Gasteiger partial charge in [0.05, 0.1) is 5.69 Å². The molecule has 1 saturated heterocycles. The number of ether oxygens (including phenoxy) is 2. The summed E-state index contributed by atoms with van der Waals surface area (Å²) in [6.07, 6.45) is 4.24. The van der Waals surface area contributed by atoms with Gasteiger partial charge in [0.25, 0.3) is 5.91 Å². The Hall–Kier alpha value is -3.05. The molecule has 1 aliphatic carbocycles. The predicted molar refractivity (Wildman–Crippen MR) is 172 cm³/mol. The second-order valence-electron chi connectivity index (χ2n) is 13.9. The van der Waals surface area contributed by atoms with Crippen LogP contribution in [0.15, 0.2) is 48.5 Å². The fourth-order valence-electron chi connectivity index (χ4n) is 5.56. The van der Waals surface area contributed by atoms with Crippen molar-refractivity contribution in [1.29, 1.82) is 0 Å². The largest absolute Gasteiger partial charge is 0.487 e. The van der Waals surface area contributed by atoms with Crippen molar-refractivity contribution in [2.75, 3.05) is 17.4 Å². The third-order valence-corrected chi connectivity index (χ3v) is 11.4. The van der Waals surface area contributed by atoms with Crippen molar-refractivity contribution in [3.05, 3.63) is 59.7 Å². The van der Waals surface area contributed by atoms with E-state index in [1.54, 1.807) is 6.07 Å². The fourth-order valence-corrected chi connectivity index (χ4v) is 8.17. The van der Waals surface area contributed by atoms with Crippen LogP contribution in [0.2, 0.25) is 25.7 Å². The smallest absolute Gasteiger partial charge is 0.407 e. The molecule has 0 aromatic heterocycles. The van der Waals surface area contributed by atoms with Crippen LogP contribution < -0.4 is 14.4 Å². The zero-order valence-electron chi connectivity index (χ0n) is 26.4. The molecule has 9 nitrogen and oxygen atoms in total. The predicted octanol–water partition coefficient (Wildman–Crippen LogP) is 6.12. The van der Waals surface area contributed by atoms with Crippen molar-refractivity contribution in [3.63, 3.8) is 0 Å². The third-order valence-electron chi connectivity index (χ3n) is 7.82. The Balaban J connectivity index is 1.59. The maximum absolute atomic E-state index is 13.6. The Labute approximate surface area is 258 Å². The van der Waals surface area contributed by atoms with Gasteiger partial charge in [-0.3, -0.25) is 4.79 Å². The summed E-state index contributed by atoms with van der Waals surface area (Å²) in [5.74, 6) is 0.190. The van der Waals surface area contributed by atoms with E-state index in [-0.39, 0.29) is 31.7 Å². The monoisotopic (exact) mass is 629 g/mol. The molecule has 4 rings (SSSR count). The zero-order chi connectivity index (χ0) is 31.4. The molecular weight excluding hydrogens is 583 g/mol. The van der Waals surface area contributed by atoms with Crippen molar-refractivity contribution < 1.29 is 27.5 Å². The Morgan fingerprint density at radius 2 is 1.72 bits per heavy atom. The summed E-state index contributed by atoms with van der Waals surface area (Å²) in [5.41, 5.74) is 1.71. The number of hydrogen-bond acceptors (Lipinski definition) is 6. The number of benzene rings is 2. The van der Waals surface area contributed by atoms with Crippen molar-refractivity contribution >= 4 is 36.0 Å². The molecule has 2 aromatic rings. The third kappa shape index (κ3) is 8.98. The number of nitrogens with zero attached hydrogens (tertiary/aromatic N) is 2. The second-order valence-corrected chi connectivity index (χ2v) is 21.3. The van der Waals surface area contributed by atoms with Gasteiger partial charge in [-0.15, -0.1) is 0 Å². The first kappa shape index (κ1) is 32.9. The molecule has 2 aliphatic rings. The molecule has 2 fully saturated rings. The molecule has 11 heteroatoms. The number of carbonyl (C=O) groups excluding carboxylic acids is 2. The van der Waals surface area contributed by atoms with Crippen LogP contribution in [-0.4, -0.2) is 57.5 Å². The molecule has 0 spiro atoms. The van der Waals surface area contributed by atoms with Gasteiger partial charge in [-0.2, -0.15) is 8.42 Å². The van der Waals surface area contributed by atoms with Crippen molar-refractivity contribution in [1.82, 2.24) is 9.62 Å². The topological polar surface area (TPSA) is 105 Å². The molecule has 2 atom stereocenters. The van der Waals surface area contributed by atoms with E-state index in [0.717, 1.165) is 41.1 Å². The summed E-state index contributed by atoms with van der Waals surface area (Å²) in [5, 5.41) is 3.09. The van der Waals surface area contributed by atoms with Gasteiger partial charge in [0, 0.05) is 20.7 Å². The van der Waals surface area contributed by atoms with Gasteiger partial charge in [0.15, 0.2) is 0 Å². The molecule has 0 radical (unpaired) electrons. The summed E-state index contributed by atoms with van der Waals surface area (Å²) in [6, 6.07) is 15.9. The summed E-state index contributed by atoms with van der Waals surface area (Å²) < 4.78 is 41.3. The van der Waals surface area contributed by atoms with Crippen LogP contribution in [0.4, 0.5) is 10.5 Å². The molecule has 0 unspecified atom stereocenters. The summed E-state index contributed by atoms with van der Waals surface area (Å²) >= 11 is 0. The van der Waals surface area contributed by atoms with Crippen molar-refractivity contribution in [2.45, 2.75) is 96.8 Å². The number of amides is 2. The highest BCUT2D eigenvalue weighted by Gasteiger charge is 2.44. The first-order valence-corrected chi connectivity index (χ1v) is 20.4. The number of hydrogen-bond donors (Lipinski definition) is 1. The van der Waals surface area contributed by atoms with Gasteiger partial charge >= 0.3 is 16.3 Å². The summed E-state index contributed by atoms with van der Waals surface area (Å²) in [6.45, 7) is 12.2. The van der Waals surface area contributed by atoms with Gasteiger partial charge in [-0.25, -0.2) is 13.4 Å². The minimum atomic E-state index is -4.04. The number of nitrogens with one attached hydrogen (secondary N) is 1. The van der Waals surface area contributed by atoms with Crippen LogP contribution >= 0.6 is 0 Å². The van der Waals surface area contributed by atoms with E-state index < -0.39 is 35.9 Å². The average molecular weight is 630 g/mol. The number of anilines is 1. The van der Waals surface area contributed by atoms with E-state index in [1.807, 2.05) is 63.2 Å². The van der Waals surface area contributed by atoms with Gasteiger partial charge < -0.3 is 14.8 Å². The molecule has 1 heterocycles. The number of alkyl carbamates (subject to hydrolysis) is 1. The highest BCUT2D eigenvalue weighted by molar-refractivity contribution is 7.91. The number of rotatable bonds is 10. The molecule has 43 heavy (non-hydrogen) atoms. The second kappa shape index (κ2) is 13.3. The Morgan fingerprint density at radius 3 is 2.40 bits per heavy atom. The lowest BCUT2D eigenvalue weighted by Gasteiger charge is -2.33. The zero-order valence-corrected chi connectivity index (χ0v) is 28.2. The van der Waals surface area contributed by atoms with Crippen molar-refractivity contribution in [2.24, 2.45) is 5.92 Å². The van der Waals surface area contributed by atoms with Gasteiger partial charge in [0.2, 0.25) is 0 Å². The highest BCUT2D eigenvalue weighted by atomic mass is 32.2. The van der Waals surface area contributed by atoms with Crippen LogP contribution in [0, 0.1) is 5.92 Å². The lowest BCUT2D eigenvalue weighted by atomic mass is 9.80. The van der Waals surface area contributed by atoms with Crippen LogP contribution in [0.25, 0.3) is 0 Å². The van der Waals surface area contributed by atoms with E-state index in [2.05, 4.69) is 25.0 Å². The molecule has 1 N–H and O–H groups in total. The summed E-state index contributed by atoms with van der Waals surface area (Å²) in [7, 11) is -5.61. The lowest BCUT2D eigenvalue weighted by Crippen LogP contribution is -2.45. The van der Waals surface area contributed by atoms with Crippen molar-refractivity contribution in [3.8, 4) is 5.75 Å². The molecular formula is C32H47N3O6SSi. The van der Waals surface area contributed by atoms with Crippen LogP contribution in [0.1, 0.15) is 57.6 Å². The molecule has 2 aromatic carbocycles. The standard InChI is InChI=1S/C32H47N3O6SSi/c1-32(2,3)41-31(37)33-27-15-11-10-14-26(27)20-25-16-17-28(29(21-25)40-23-24-12-8-7-9-13-24)35-22-30(36)34(42(35,38)39)18-19-43(4,5)6/h7-9,12-13,16-17,21,26-27H,10-11,14-15,18-20,22-23H2,1-6H3,(H,33,37)/t26-,27+/m0/s1. The maximum atomic E-state index is 13.6. The lowest BCUT2D eigenvalue weighted by molar-refractivity contribution is -0.123. The van der Waals surface area contributed by atoms with Gasteiger partial charge in [-0.05, 0) is 75.3 Å². The maximum Gasteiger partial charge on any atom is 0.407 e.